The SMILES string of the molecule is COc1ccc(C(C)=O)cc1CSCC(=O)Nc1nnc(CC(C)C)s1. The van der Waals surface area contributed by atoms with Crippen molar-refractivity contribution in [2.75, 3.05) is 18.2 Å². The number of carbonyl (C=O) groups excluding carboxylic acids is 2. The molecule has 8 heteroatoms. The van der Waals surface area contributed by atoms with Gasteiger partial charge < -0.3 is 4.74 Å². The molecule has 0 atom stereocenters. The Morgan fingerprint density at radius 3 is 2.73 bits per heavy atom. The molecule has 1 aromatic heterocycles. The van der Waals surface area contributed by atoms with E-state index in [0.717, 1.165) is 17.0 Å². The van der Waals surface area contributed by atoms with Gasteiger partial charge in [0, 0.05) is 23.3 Å². The molecule has 1 heterocycles. The molecule has 1 aromatic carbocycles. The Morgan fingerprint density at radius 2 is 2.08 bits per heavy atom. The number of rotatable bonds is 9. The van der Waals surface area contributed by atoms with Gasteiger partial charge in [-0.25, -0.2) is 0 Å². The zero-order valence-corrected chi connectivity index (χ0v) is 17.0. The molecule has 0 saturated carbocycles. The Morgan fingerprint density at radius 1 is 1.31 bits per heavy atom. The number of hydrogen-bond acceptors (Lipinski definition) is 7. The van der Waals surface area contributed by atoms with Gasteiger partial charge in [-0.3, -0.25) is 14.9 Å². The number of aromatic nitrogens is 2. The molecule has 140 valence electrons. The van der Waals surface area contributed by atoms with Gasteiger partial charge in [0.15, 0.2) is 5.78 Å². The first-order chi connectivity index (χ1) is 12.4. The summed E-state index contributed by atoms with van der Waals surface area (Å²) in [5.41, 5.74) is 1.53. The topological polar surface area (TPSA) is 81.2 Å². The first-order valence-electron chi connectivity index (χ1n) is 8.27. The van der Waals surface area contributed by atoms with Crippen molar-refractivity contribution in [2.24, 2.45) is 5.92 Å². The molecule has 0 radical (unpaired) electrons. The minimum absolute atomic E-state index is 0.00474. The van der Waals surface area contributed by atoms with Crippen LogP contribution < -0.4 is 10.1 Å². The van der Waals surface area contributed by atoms with Crippen molar-refractivity contribution >= 4 is 39.9 Å². The lowest BCUT2D eigenvalue weighted by Gasteiger charge is -2.09. The van der Waals surface area contributed by atoms with Crippen molar-refractivity contribution in [3.05, 3.63) is 34.3 Å². The van der Waals surface area contributed by atoms with Crippen molar-refractivity contribution in [1.29, 1.82) is 0 Å². The maximum absolute atomic E-state index is 12.1. The number of hydrogen-bond donors (Lipinski definition) is 1. The van der Waals surface area contributed by atoms with Crippen molar-refractivity contribution in [3.8, 4) is 5.75 Å². The van der Waals surface area contributed by atoms with E-state index < -0.39 is 0 Å². The molecule has 26 heavy (non-hydrogen) atoms. The molecule has 0 bridgehead atoms. The summed E-state index contributed by atoms with van der Waals surface area (Å²) in [6, 6.07) is 5.34. The molecular weight excluding hydrogens is 370 g/mol. The zero-order chi connectivity index (χ0) is 19.1. The number of carbonyl (C=O) groups is 2. The third-order valence-electron chi connectivity index (χ3n) is 3.47. The highest BCUT2D eigenvalue weighted by atomic mass is 32.2. The van der Waals surface area contributed by atoms with Gasteiger partial charge in [0.2, 0.25) is 11.0 Å². The summed E-state index contributed by atoms with van der Waals surface area (Å²) in [6.45, 7) is 5.76. The minimum atomic E-state index is -0.121. The van der Waals surface area contributed by atoms with Gasteiger partial charge in [-0.1, -0.05) is 25.2 Å². The highest BCUT2D eigenvalue weighted by Gasteiger charge is 2.11. The molecule has 0 unspecified atom stereocenters. The molecule has 2 rings (SSSR count). The number of anilines is 1. The molecule has 0 aliphatic carbocycles. The fourth-order valence-electron chi connectivity index (χ4n) is 2.26. The molecule has 2 aromatic rings. The van der Waals surface area contributed by atoms with Gasteiger partial charge in [0.05, 0.1) is 12.9 Å². The van der Waals surface area contributed by atoms with Crippen molar-refractivity contribution in [1.82, 2.24) is 10.2 Å². The van der Waals surface area contributed by atoms with E-state index in [-0.39, 0.29) is 17.4 Å². The van der Waals surface area contributed by atoms with Crippen LogP contribution in [0.25, 0.3) is 0 Å². The molecule has 1 amide bonds. The van der Waals surface area contributed by atoms with Crippen molar-refractivity contribution in [3.63, 3.8) is 0 Å². The van der Waals surface area contributed by atoms with E-state index in [2.05, 4.69) is 29.4 Å². The van der Waals surface area contributed by atoms with Crippen LogP contribution in [0.2, 0.25) is 0 Å². The first kappa shape index (κ1) is 20.4. The second-order valence-corrected chi connectivity index (χ2v) is 8.27. The summed E-state index contributed by atoms with van der Waals surface area (Å²) in [7, 11) is 1.59. The largest absolute Gasteiger partial charge is 0.496 e. The Balaban J connectivity index is 1.87. The predicted molar refractivity (Wildman–Crippen MR) is 106 cm³/mol. The monoisotopic (exact) mass is 393 g/mol. The second-order valence-electron chi connectivity index (χ2n) is 6.22. The summed E-state index contributed by atoms with van der Waals surface area (Å²) in [5.74, 6) is 1.96. The van der Waals surface area contributed by atoms with Crippen LogP contribution in [0.15, 0.2) is 18.2 Å². The number of amides is 1. The van der Waals surface area contributed by atoms with Gasteiger partial charge in [-0.15, -0.1) is 22.0 Å². The Labute approximate surface area is 161 Å². The molecule has 0 aliphatic heterocycles. The van der Waals surface area contributed by atoms with Crippen LogP contribution in [0, 0.1) is 5.92 Å². The quantitative estimate of drug-likeness (QED) is 0.652. The number of Topliss-reactive ketones (excluding diaryl/α,β-unsaturated/α-hetero) is 1. The smallest absolute Gasteiger partial charge is 0.236 e. The lowest BCUT2D eigenvalue weighted by molar-refractivity contribution is -0.113. The molecule has 6 nitrogen and oxygen atoms in total. The van der Waals surface area contributed by atoms with Gasteiger partial charge in [-0.05, 0) is 31.0 Å². The summed E-state index contributed by atoms with van der Waals surface area (Å²) < 4.78 is 5.33. The summed E-state index contributed by atoms with van der Waals surface area (Å²) in [5, 5.41) is 12.3. The lowest BCUT2D eigenvalue weighted by atomic mass is 10.1. The predicted octanol–water partition coefficient (Wildman–Crippen LogP) is 3.82. The number of nitrogens with one attached hydrogen (secondary N) is 1. The Bertz CT molecular complexity index is 775. The highest BCUT2D eigenvalue weighted by Crippen LogP contribution is 2.25. The summed E-state index contributed by atoms with van der Waals surface area (Å²) >= 11 is 2.86. The van der Waals surface area contributed by atoms with Gasteiger partial charge >= 0.3 is 0 Å². The number of ether oxygens (including phenoxy) is 1. The van der Waals surface area contributed by atoms with Crippen LogP contribution in [0.3, 0.4) is 0 Å². The van der Waals surface area contributed by atoms with Crippen LogP contribution >= 0.6 is 23.1 Å². The summed E-state index contributed by atoms with van der Waals surface area (Å²) in [6.07, 6.45) is 0.856. The molecule has 1 N–H and O–H groups in total. The van der Waals surface area contributed by atoms with E-state index in [1.165, 1.54) is 30.0 Å². The van der Waals surface area contributed by atoms with E-state index in [0.29, 0.717) is 28.1 Å². The Kier molecular flexibility index (Phi) is 7.59. The maximum Gasteiger partial charge on any atom is 0.236 e. The van der Waals surface area contributed by atoms with Crippen molar-refractivity contribution in [2.45, 2.75) is 32.9 Å². The van der Waals surface area contributed by atoms with Crippen LogP contribution in [0.5, 0.6) is 5.75 Å². The van der Waals surface area contributed by atoms with Crippen LogP contribution in [0.4, 0.5) is 5.13 Å². The molecular formula is C18H23N3O3S2. The van der Waals surface area contributed by atoms with Crippen LogP contribution in [-0.2, 0) is 17.0 Å². The first-order valence-corrected chi connectivity index (χ1v) is 10.2. The zero-order valence-electron chi connectivity index (χ0n) is 15.4. The molecule has 0 saturated heterocycles. The number of benzene rings is 1. The third-order valence-corrected chi connectivity index (χ3v) is 5.32. The second kappa shape index (κ2) is 9.68. The average Bonchev–Trinajstić information content (AvgIpc) is 3.00. The highest BCUT2D eigenvalue weighted by molar-refractivity contribution is 7.99. The van der Waals surface area contributed by atoms with Crippen LogP contribution in [0.1, 0.15) is 41.7 Å². The fraction of sp³-hybridized carbons (Fsp3) is 0.444. The lowest BCUT2D eigenvalue weighted by Crippen LogP contribution is -2.14. The van der Waals surface area contributed by atoms with Gasteiger partial charge in [-0.2, -0.15) is 0 Å². The Hall–Kier alpha value is -1.93. The maximum atomic E-state index is 12.1. The minimum Gasteiger partial charge on any atom is -0.496 e. The summed E-state index contributed by atoms with van der Waals surface area (Å²) in [4.78, 5) is 23.6. The van der Waals surface area contributed by atoms with E-state index in [4.69, 9.17) is 4.74 Å². The van der Waals surface area contributed by atoms with E-state index in [1.807, 2.05) is 6.07 Å². The van der Waals surface area contributed by atoms with Gasteiger partial charge in [0.25, 0.3) is 0 Å². The number of nitrogens with zero attached hydrogens (tertiary/aromatic N) is 2. The van der Waals surface area contributed by atoms with Crippen LogP contribution in [-0.4, -0.2) is 34.8 Å². The molecule has 0 fully saturated rings. The molecule has 0 aliphatic rings. The van der Waals surface area contributed by atoms with Crippen molar-refractivity contribution < 1.29 is 14.3 Å². The standard InChI is InChI=1S/C18H23N3O3S2/c1-11(2)7-17-20-21-18(26-17)19-16(23)10-25-9-14-8-13(12(3)22)5-6-15(14)24-4/h5-6,8,11H,7,9-10H2,1-4H3,(H,19,21,23). The van der Waals surface area contributed by atoms with Gasteiger partial charge in [0.1, 0.15) is 10.8 Å². The normalized spacial score (nSPS) is 10.8. The average molecular weight is 394 g/mol. The fourth-order valence-corrected chi connectivity index (χ4v) is 4.03. The van der Waals surface area contributed by atoms with E-state index >= 15 is 0 Å². The van der Waals surface area contributed by atoms with E-state index in [1.54, 1.807) is 19.2 Å². The molecule has 0 spiro atoms. The number of methoxy groups -OCH3 is 1. The third kappa shape index (κ3) is 6.10. The number of thioether (sulfide) groups is 1. The van der Waals surface area contributed by atoms with E-state index in [9.17, 15) is 9.59 Å². The number of ketones is 1.